The second kappa shape index (κ2) is 4.57. The molecule has 2 aromatic heterocycles. The standard InChI is InChI=1S/C15H13N3O/c1-18-10-13(11-6-8-16-9-7-11)15(17-18)12-4-2-3-5-14(12)19/h2-10,19H,1H3. The average Bonchev–Trinajstić information content (AvgIpc) is 2.82. The van der Waals surface area contributed by atoms with Crippen LogP contribution in [0.25, 0.3) is 22.4 Å². The van der Waals surface area contributed by atoms with Crippen molar-refractivity contribution in [2.24, 2.45) is 7.05 Å². The molecule has 0 amide bonds. The summed E-state index contributed by atoms with van der Waals surface area (Å²) in [6.45, 7) is 0. The van der Waals surface area contributed by atoms with Gasteiger partial charge in [-0.1, -0.05) is 12.1 Å². The third-order valence-electron chi connectivity index (χ3n) is 2.98. The van der Waals surface area contributed by atoms with Gasteiger partial charge in [0.05, 0.1) is 0 Å². The predicted octanol–water partition coefficient (Wildman–Crippen LogP) is 2.85. The summed E-state index contributed by atoms with van der Waals surface area (Å²) in [5, 5.41) is 14.4. The molecule has 3 rings (SSSR count). The Hall–Kier alpha value is -2.62. The number of para-hydroxylation sites is 1. The molecule has 19 heavy (non-hydrogen) atoms. The molecule has 4 nitrogen and oxygen atoms in total. The highest BCUT2D eigenvalue weighted by Crippen LogP contribution is 2.35. The molecule has 0 radical (unpaired) electrons. The van der Waals surface area contributed by atoms with E-state index in [2.05, 4.69) is 10.1 Å². The Morgan fingerprint density at radius 3 is 2.47 bits per heavy atom. The molecule has 0 atom stereocenters. The van der Waals surface area contributed by atoms with E-state index >= 15 is 0 Å². The lowest BCUT2D eigenvalue weighted by atomic mass is 10.0. The van der Waals surface area contributed by atoms with Crippen molar-refractivity contribution in [2.75, 3.05) is 0 Å². The Kier molecular flexibility index (Phi) is 2.76. The van der Waals surface area contributed by atoms with E-state index in [1.807, 2.05) is 37.5 Å². The zero-order valence-corrected chi connectivity index (χ0v) is 10.5. The van der Waals surface area contributed by atoms with Gasteiger partial charge in [-0.2, -0.15) is 5.10 Å². The molecule has 0 spiro atoms. The summed E-state index contributed by atoms with van der Waals surface area (Å²) in [6, 6.07) is 11.1. The summed E-state index contributed by atoms with van der Waals surface area (Å²) in [4.78, 5) is 4.02. The second-order valence-electron chi connectivity index (χ2n) is 4.32. The topological polar surface area (TPSA) is 50.9 Å². The Labute approximate surface area is 111 Å². The van der Waals surface area contributed by atoms with Crippen LogP contribution in [0.5, 0.6) is 5.75 Å². The lowest BCUT2D eigenvalue weighted by Gasteiger charge is -2.04. The number of aromatic nitrogens is 3. The molecule has 3 aromatic rings. The fraction of sp³-hybridized carbons (Fsp3) is 0.0667. The van der Waals surface area contributed by atoms with Crippen molar-refractivity contribution >= 4 is 0 Å². The number of aryl methyl sites for hydroxylation is 1. The highest BCUT2D eigenvalue weighted by atomic mass is 16.3. The third-order valence-corrected chi connectivity index (χ3v) is 2.98. The van der Waals surface area contributed by atoms with Crippen LogP contribution in [0.4, 0.5) is 0 Å². The summed E-state index contributed by atoms with van der Waals surface area (Å²) >= 11 is 0. The number of aromatic hydroxyl groups is 1. The minimum Gasteiger partial charge on any atom is -0.507 e. The van der Waals surface area contributed by atoms with Gasteiger partial charge in [0.1, 0.15) is 11.4 Å². The SMILES string of the molecule is Cn1cc(-c2ccncc2)c(-c2ccccc2O)n1. The van der Waals surface area contributed by atoms with Crippen molar-refractivity contribution < 1.29 is 5.11 Å². The molecule has 0 aliphatic rings. The van der Waals surface area contributed by atoms with E-state index in [-0.39, 0.29) is 5.75 Å². The van der Waals surface area contributed by atoms with Crippen LogP contribution in [0.2, 0.25) is 0 Å². The van der Waals surface area contributed by atoms with Gasteiger partial charge in [0, 0.05) is 36.8 Å². The minimum absolute atomic E-state index is 0.233. The normalized spacial score (nSPS) is 10.6. The van der Waals surface area contributed by atoms with Crippen LogP contribution in [0.15, 0.2) is 55.0 Å². The quantitative estimate of drug-likeness (QED) is 0.762. The molecular weight excluding hydrogens is 238 g/mol. The van der Waals surface area contributed by atoms with Crippen LogP contribution in [0.3, 0.4) is 0 Å². The van der Waals surface area contributed by atoms with Gasteiger partial charge >= 0.3 is 0 Å². The zero-order chi connectivity index (χ0) is 13.2. The number of phenols is 1. The third kappa shape index (κ3) is 2.08. The maximum atomic E-state index is 9.98. The highest BCUT2D eigenvalue weighted by Gasteiger charge is 2.14. The monoisotopic (exact) mass is 251 g/mol. The molecule has 94 valence electrons. The molecule has 0 unspecified atom stereocenters. The van der Waals surface area contributed by atoms with Crippen molar-refractivity contribution in [3.8, 4) is 28.1 Å². The number of hydrogen-bond donors (Lipinski definition) is 1. The summed E-state index contributed by atoms with van der Waals surface area (Å²) < 4.78 is 1.75. The number of rotatable bonds is 2. The van der Waals surface area contributed by atoms with Gasteiger partial charge in [-0.15, -0.1) is 0 Å². The first-order chi connectivity index (χ1) is 9.25. The van der Waals surface area contributed by atoms with Gasteiger partial charge < -0.3 is 5.11 Å². The maximum absolute atomic E-state index is 9.98. The Morgan fingerprint density at radius 1 is 1.00 bits per heavy atom. The Bertz CT molecular complexity index is 704. The lowest BCUT2D eigenvalue weighted by Crippen LogP contribution is -1.88. The van der Waals surface area contributed by atoms with E-state index in [0.717, 1.165) is 22.4 Å². The van der Waals surface area contributed by atoms with E-state index in [1.54, 1.807) is 29.2 Å². The van der Waals surface area contributed by atoms with E-state index in [4.69, 9.17) is 0 Å². The predicted molar refractivity (Wildman–Crippen MR) is 73.5 cm³/mol. The van der Waals surface area contributed by atoms with E-state index in [9.17, 15) is 5.11 Å². The molecule has 0 saturated carbocycles. The summed E-state index contributed by atoms with van der Waals surface area (Å²) in [6.07, 6.45) is 5.44. The van der Waals surface area contributed by atoms with Crippen LogP contribution in [-0.2, 0) is 7.05 Å². The molecule has 1 N–H and O–H groups in total. The van der Waals surface area contributed by atoms with Crippen LogP contribution in [-0.4, -0.2) is 19.9 Å². The van der Waals surface area contributed by atoms with Gasteiger partial charge in [0.25, 0.3) is 0 Å². The number of hydrogen-bond acceptors (Lipinski definition) is 3. The van der Waals surface area contributed by atoms with Crippen LogP contribution < -0.4 is 0 Å². The fourth-order valence-electron chi connectivity index (χ4n) is 2.10. The second-order valence-corrected chi connectivity index (χ2v) is 4.32. The Morgan fingerprint density at radius 2 is 1.74 bits per heavy atom. The van der Waals surface area contributed by atoms with Crippen molar-refractivity contribution in [3.05, 3.63) is 55.0 Å². The summed E-state index contributed by atoms with van der Waals surface area (Å²) in [7, 11) is 1.87. The molecule has 0 aliphatic carbocycles. The van der Waals surface area contributed by atoms with E-state index in [0.29, 0.717) is 0 Å². The molecule has 0 aliphatic heterocycles. The van der Waals surface area contributed by atoms with Gasteiger partial charge in [-0.3, -0.25) is 9.67 Å². The van der Waals surface area contributed by atoms with Gasteiger partial charge in [-0.25, -0.2) is 0 Å². The smallest absolute Gasteiger partial charge is 0.125 e. The lowest BCUT2D eigenvalue weighted by molar-refractivity contribution is 0.477. The van der Waals surface area contributed by atoms with E-state index < -0.39 is 0 Å². The molecule has 1 aromatic carbocycles. The summed E-state index contributed by atoms with van der Waals surface area (Å²) in [5.74, 6) is 0.233. The maximum Gasteiger partial charge on any atom is 0.125 e. The zero-order valence-electron chi connectivity index (χ0n) is 10.5. The van der Waals surface area contributed by atoms with Crippen molar-refractivity contribution in [3.63, 3.8) is 0 Å². The van der Waals surface area contributed by atoms with Crippen molar-refractivity contribution in [2.45, 2.75) is 0 Å². The van der Waals surface area contributed by atoms with Crippen molar-refractivity contribution in [1.82, 2.24) is 14.8 Å². The fourth-order valence-corrected chi connectivity index (χ4v) is 2.10. The first-order valence-corrected chi connectivity index (χ1v) is 5.98. The molecule has 0 bridgehead atoms. The molecule has 2 heterocycles. The highest BCUT2D eigenvalue weighted by molar-refractivity contribution is 5.82. The van der Waals surface area contributed by atoms with Crippen LogP contribution in [0, 0.1) is 0 Å². The average molecular weight is 251 g/mol. The van der Waals surface area contributed by atoms with Crippen LogP contribution >= 0.6 is 0 Å². The van der Waals surface area contributed by atoms with Crippen molar-refractivity contribution in [1.29, 1.82) is 0 Å². The van der Waals surface area contributed by atoms with E-state index in [1.165, 1.54) is 0 Å². The Balaban J connectivity index is 2.21. The minimum atomic E-state index is 0.233. The van der Waals surface area contributed by atoms with Gasteiger partial charge in [-0.05, 0) is 29.8 Å². The van der Waals surface area contributed by atoms with Crippen LogP contribution in [0.1, 0.15) is 0 Å². The number of nitrogens with zero attached hydrogens (tertiary/aromatic N) is 3. The molecule has 0 saturated heterocycles. The van der Waals surface area contributed by atoms with Gasteiger partial charge in [0.2, 0.25) is 0 Å². The summed E-state index contributed by atoms with van der Waals surface area (Å²) in [5.41, 5.74) is 3.51. The molecule has 4 heteroatoms. The molecular formula is C15H13N3O. The molecule has 0 fully saturated rings. The first-order valence-electron chi connectivity index (χ1n) is 5.98. The largest absolute Gasteiger partial charge is 0.507 e. The number of phenolic OH excluding ortho intramolecular Hbond substituents is 1. The van der Waals surface area contributed by atoms with Gasteiger partial charge in [0.15, 0.2) is 0 Å². The number of benzene rings is 1. The number of pyridine rings is 1. The first kappa shape index (κ1) is 11.5.